The number of rotatable bonds is 2. The monoisotopic (exact) mass is 215 g/mol. The molecule has 2 heteroatoms. The van der Waals surface area contributed by atoms with E-state index in [4.69, 9.17) is 5.11 Å². The predicted molar refractivity (Wildman–Crippen MR) is 61.7 cm³/mol. The minimum absolute atomic E-state index is 0.199. The van der Waals surface area contributed by atoms with E-state index in [0.29, 0.717) is 5.56 Å². The number of aromatic hydroxyl groups is 1. The van der Waals surface area contributed by atoms with Crippen molar-refractivity contribution in [3.63, 3.8) is 0 Å². The van der Waals surface area contributed by atoms with Crippen LogP contribution in [0, 0.1) is 12.7 Å². The zero-order valence-electron chi connectivity index (χ0n) is 8.73. The fraction of sp³-hybridized carbons (Fsp3) is 0.0714. The Morgan fingerprint density at radius 1 is 1.00 bits per heavy atom. The van der Waals surface area contributed by atoms with Gasteiger partial charge in [-0.3, -0.25) is 0 Å². The topological polar surface area (TPSA) is 20.2 Å². The average molecular weight is 215 g/mol. The van der Waals surface area contributed by atoms with E-state index in [1.807, 2.05) is 0 Å². The van der Waals surface area contributed by atoms with Crippen LogP contribution >= 0.6 is 0 Å². The van der Waals surface area contributed by atoms with Crippen LogP contribution in [-0.4, -0.2) is 5.11 Å². The SMILES string of the molecule is [CH2]C(c1ccc(O)cc1)c1ccccc1F. The van der Waals surface area contributed by atoms with Crippen molar-refractivity contribution in [1.29, 1.82) is 0 Å². The lowest BCUT2D eigenvalue weighted by atomic mass is 9.93. The van der Waals surface area contributed by atoms with Gasteiger partial charge in [-0.25, -0.2) is 4.39 Å². The zero-order chi connectivity index (χ0) is 11.5. The molecular weight excluding hydrogens is 203 g/mol. The van der Waals surface area contributed by atoms with Crippen molar-refractivity contribution in [1.82, 2.24) is 0 Å². The molecule has 1 unspecified atom stereocenters. The largest absolute Gasteiger partial charge is 0.508 e. The fourth-order valence-electron chi connectivity index (χ4n) is 1.64. The highest BCUT2D eigenvalue weighted by atomic mass is 19.1. The van der Waals surface area contributed by atoms with Gasteiger partial charge in [0.25, 0.3) is 0 Å². The van der Waals surface area contributed by atoms with Gasteiger partial charge in [0.1, 0.15) is 11.6 Å². The van der Waals surface area contributed by atoms with E-state index in [9.17, 15) is 4.39 Å². The molecule has 2 aromatic rings. The molecule has 0 aliphatic heterocycles. The second-order valence-electron chi connectivity index (χ2n) is 3.67. The van der Waals surface area contributed by atoms with Crippen LogP contribution in [0.2, 0.25) is 0 Å². The van der Waals surface area contributed by atoms with Crippen LogP contribution in [-0.2, 0) is 0 Å². The fourth-order valence-corrected chi connectivity index (χ4v) is 1.64. The molecule has 0 fully saturated rings. The molecule has 0 amide bonds. The number of phenolic OH excluding ortho intramolecular Hbond substituents is 1. The Morgan fingerprint density at radius 3 is 2.25 bits per heavy atom. The summed E-state index contributed by atoms with van der Waals surface area (Å²) in [6, 6.07) is 13.2. The minimum atomic E-state index is -0.262. The first-order chi connectivity index (χ1) is 7.68. The third-order valence-electron chi connectivity index (χ3n) is 2.58. The van der Waals surface area contributed by atoms with Gasteiger partial charge in [-0.1, -0.05) is 30.3 Å². The highest BCUT2D eigenvalue weighted by Gasteiger charge is 2.12. The molecule has 0 aliphatic carbocycles. The van der Waals surface area contributed by atoms with Gasteiger partial charge >= 0.3 is 0 Å². The molecule has 1 radical (unpaired) electrons. The first-order valence-corrected chi connectivity index (χ1v) is 5.05. The summed E-state index contributed by atoms with van der Waals surface area (Å²) in [4.78, 5) is 0. The summed E-state index contributed by atoms with van der Waals surface area (Å²) in [7, 11) is 0. The molecule has 0 aromatic heterocycles. The highest BCUT2D eigenvalue weighted by molar-refractivity contribution is 5.36. The quantitative estimate of drug-likeness (QED) is 0.812. The van der Waals surface area contributed by atoms with Crippen LogP contribution in [0.5, 0.6) is 5.75 Å². The van der Waals surface area contributed by atoms with E-state index in [1.165, 1.54) is 6.07 Å². The summed E-state index contributed by atoms with van der Waals surface area (Å²) < 4.78 is 13.5. The molecule has 1 N–H and O–H groups in total. The molecule has 0 spiro atoms. The summed E-state index contributed by atoms with van der Waals surface area (Å²) in [6.07, 6.45) is 0. The average Bonchev–Trinajstić information content (AvgIpc) is 2.30. The molecule has 81 valence electrons. The minimum Gasteiger partial charge on any atom is -0.508 e. The first-order valence-electron chi connectivity index (χ1n) is 5.05. The van der Waals surface area contributed by atoms with Gasteiger partial charge in [-0.15, -0.1) is 0 Å². The summed E-state index contributed by atoms with van der Waals surface area (Å²) in [5.41, 5.74) is 1.44. The Balaban J connectivity index is 2.35. The van der Waals surface area contributed by atoms with Gasteiger partial charge in [-0.2, -0.15) is 0 Å². The zero-order valence-corrected chi connectivity index (χ0v) is 8.73. The second kappa shape index (κ2) is 4.35. The second-order valence-corrected chi connectivity index (χ2v) is 3.67. The predicted octanol–water partition coefficient (Wildman–Crippen LogP) is 3.50. The maximum absolute atomic E-state index is 13.5. The lowest BCUT2D eigenvalue weighted by Gasteiger charge is -2.13. The van der Waals surface area contributed by atoms with Gasteiger partial charge in [0.05, 0.1) is 0 Å². The molecular formula is C14H12FO. The molecule has 2 aromatic carbocycles. The van der Waals surface area contributed by atoms with E-state index in [-0.39, 0.29) is 17.5 Å². The van der Waals surface area contributed by atoms with Gasteiger partial charge in [0.15, 0.2) is 0 Å². The lowest BCUT2D eigenvalue weighted by Crippen LogP contribution is -1.99. The molecule has 0 heterocycles. The van der Waals surface area contributed by atoms with Crippen LogP contribution in [0.25, 0.3) is 0 Å². The van der Waals surface area contributed by atoms with Crippen molar-refractivity contribution in [2.45, 2.75) is 5.92 Å². The van der Waals surface area contributed by atoms with Crippen LogP contribution in [0.15, 0.2) is 48.5 Å². The van der Waals surface area contributed by atoms with Crippen molar-refractivity contribution in [2.75, 3.05) is 0 Å². The highest BCUT2D eigenvalue weighted by Crippen LogP contribution is 2.26. The van der Waals surface area contributed by atoms with E-state index in [0.717, 1.165) is 5.56 Å². The molecule has 2 rings (SSSR count). The Hall–Kier alpha value is -1.83. The lowest BCUT2D eigenvalue weighted by molar-refractivity contribution is 0.475. The number of hydrogen-bond donors (Lipinski definition) is 1. The van der Waals surface area contributed by atoms with Crippen molar-refractivity contribution < 1.29 is 9.50 Å². The number of phenols is 1. The standard InChI is InChI=1S/C14H12FO/c1-10(11-6-8-12(16)9-7-11)13-4-2-3-5-14(13)15/h2-10,16H,1H2. The van der Waals surface area contributed by atoms with Gasteiger partial charge in [0, 0.05) is 5.92 Å². The molecule has 1 nitrogen and oxygen atoms in total. The number of halogens is 1. The van der Waals surface area contributed by atoms with Crippen molar-refractivity contribution >= 4 is 0 Å². The van der Waals surface area contributed by atoms with Gasteiger partial charge in [0.2, 0.25) is 0 Å². The summed E-state index contributed by atoms with van der Waals surface area (Å²) in [5.74, 6) is -0.318. The van der Waals surface area contributed by atoms with Gasteiger partial charge < -0.3 is 5.11 Å². The summed E-state index contributed by atoms with van der Waals surface area (Å²) >= 11 is 0. The smallest absolute Gasteiger partial charge is 0.127 e. The van der Waals surface area contributed by atoms with Crippen molar-refractivity contribution in [3.8, 4) is 5.75 Å². The van der Waals surface area contributed by atoms with Gasteiger partial charge in [-0.05, 0) is 36.2 Å². The third kappa shape index (κ3) is 2.06. The molecule has 1 atom stereocenters. The number of hydrogen-bond acceptors (Lipinski definition) is 1. The summed E-state index contributed by atoms with van der Waals surface area (Å²) in [6.45, 7) is 3.95. The van der Waals surface area contributed by atoms with Crippen molar-refractivity contribution in [2.24, 2.45) is 0 Å². The molecule has 16 heavy (non-hydrogen) atoms. The molecule has 0 aliphatic rings. The van der Waals surface area contributed by atoms with E-state index >= 15 is 0 Å². The van der Waals surface area contributed by atoms with Crippen LogP contribution in [0.3, 0.4) is 0 Å². The number of benzene rings is 2. The van der Waals surface area contributed by atoms with Crippen LogP contribution in [0.4, 0.5) is 4.39 Å². The summed E-state index contributed by atoms with van der Waals surface area (Å²) in [5, 5.41) is 9.17. The Bertz CT molecular complexity index is 476. The third-order valence-corrected chi connectivity index (χ3v) is 2.58. The maximum atomic E-state index is 13.5. The molecule has 0 saturated carbocycles. The van der Waals surface area contributed by atoms with Crippen LogP contribution in [0.1, 0.15) is 17.0 Å². The Morgan fingerprint density at radius 2 is 1.62 bits per heavy atom. The van der Waals surface area contributed by atoms with Crippen LogP contribution < -0.4 is 0 Å². The van der Waals surface area contributed by atoms with Crippen molar-refractivity contribution in [3.05, 3.63) is 72.4 Å². The maximum Gasteiger partial charge on any atom is 0.127 e. The van der Waals surface area contributed by atoms with E-state index in [2.05, 4.69) is 6.92 Å². The van der Waals surface area contributed by atoms with E-state index < -0.39 is 0 Å². The normalized spacial score (nSPS) is 12.4. The molecule has 0 saturated heterocycles. The molecule has 0 bridgehead atoms. The Labute approximate surface area is 94.2 Å². The van der Waals surface area contributed by atoms with E-state index in [1.54, 1.807) is 42.5 Å². The first kappa shape index (κ1) is 10.7. The Kier molecular flexibility index (Phi) is 2.91.